The van der Waals surface area contributed by atoms with E-state index in [1.165, 1.54) is 0 Å². The molecule has 0 unspecified atom stereocenters. The molecule has 0 amide bonds. The first-order valence-corrected chi connectivity index (χ1v) is 19.3. The molecule has 7 heteroatoms. The van der Waals surface area contributed by atoms with Crippen LogP contribution < -0.4 is 10.4 Å². The molecule has 5 atom stereocenters. The number of aliphatic hydroxyl groups is 1. The van der Waals surface area contributed by atoms with E-state index in [1.54, 1.807) is 0 Å². The quantitative estimate of drug-likeness (QED) is 0.126. The summed E-state index contributed by atoms with van der Waals surface area (Å²) in [6.07, 6.45) is -3.62. The lowest BCUT2D eigenvalue weighted by Crippen LogP contribution is -2.71. The Morgan fingerprint density at radius 3 is 1.26 bits per heavy atom. The van der Waals surface area contributed by atoms with Crippen molar-refractivity contribution in [2.45, 2.75) is 76.3 Å². The molecule has 0 saturated carbocycles. The fraction of sp³-hybridized carbons (Fsp3) is 0.302. The highest BCUT2D eigenvalue weighted by Gasteiger charge is 2.56. The lowest BCUT2D eigenvalue weighted by atomic mass is 9.98. The van der Waals surface area contributed by atoms with Gasteiger partial charge >= 0.3 is 0 Å². The predicted octanol–water partition coefficient (Wildman–Crippen LogP) is 7.04. The highest BCUT2D eigenvalue weighted by molar-refractivity contribution is 6.99. The van der Waals surface area contributed by atoms with E-state index in [0.29, 0.717) is 19.8 Å². The van der Waals surface area contributed by atoms with E-state index in [2.05, 4.69) is 69.3 Å². The summed E-state index contributed by atoms with van der Waals surface area (Å²) in [4.78, 5) is 0. The minimum absolute atomic E-state index is 0.281. The maximum absolute atomic E-state index is 10.9. The Hall–Kier alpha value is -3.92. The van der Waals surface area contributed by atoms with Crippen LogP contribution in [-0.4, -0.2) is 50.7 Å². The lowest BCUT2D eigenvalue weighted by molar-refractivity contribution is -0.310. The van der Waals surface area contributed by atoms with Gasteiger partial charge in [0.15, 0.2) is 6.29 Å². The Labute approximate surface area is 297 Å². The van der Waals surface area contributed by atoms with Crippen LogP contribution in [-0.2, 0) is 43.2 Å². The Morgan fingerprint density at radius 2 is 0.880 bits per heavy atom. The van der Waals surface area contributed by atoms with Gasteiger partial charge in [0.1, 0.15) is 24.4 Å². The van der Waals surface area contributed by atoms with Crippen molar-refractivity contribution in [1.29, 1.82) is 0 Å². The van der Waals surface area contributed by atoms with Crippen molar-refractivity contribution in [2.75, 3.05) is 6.61 Å². The van der Waals surface area contributed by atoms with Gasteiger partial charge < -0.3 is 28.5 Å². The molecule has 1 fully saturated rings. The van der Waals surface area contributed by atoms with Gasteiger partial charge in [-0.15, -0.1) is 0 Å². The van der Waals surface area contributed by atoms with Crippen molar-refractivity contribution in [3.05, 3.63) is 168 Å². The minimum atomic E-state index is -3.12. The smallest absolute Gasteiger partial charge is 0.264 e. The van der Waals surface area contributed by atoms with E-state index in [0.717, 1.165) is 27.1 Å². The molecular formula is C43H48O6Si. The number of rotatable bonds is 14. The standard InChI is InChI=1S/C43H48O6Si/c1-43(2,3)50(36-25-15-7-16-26-36,37-27-17-8-18-28-37)49-42-41(47-32-35-23-13-6-14-24-35)40(46-31-34-21-11-5-12-22-34)39(38(29-44)48-42)45-30-33-19-9-4-10-20-33/h4-28,38-42,44H,29-32H2,1-3H3/t38-,39-,40+,41-,42+/m1/s1. The average molecular weight is 689 g/mol. The molecule has 50 heavy (non-hydrogen) atoms. The first-order chi connectivity index (χ1) is 24.4. The molecule has 1 N–H and O–H groups in total. The lowest BCUT2D eigenvalue weighted by Gasteiger charge is -2.51. The summed E-state index contributed by atoms with van der Waals surface area (Å²) in [6.45, 7) is 7.39. The molecule has 6 nitrogen and oxygen atoms in total. The molecule has 0 radical (unpaired) electrons. The van der Waals surface area contributed by atoms with Gasteiger partial charge in [0.05, 0.1) is 26.4 Å². The third-order valence-corrected chi connectivity index (χ3v) is 14.3. The molecule has 1 aliphatic rings. The summed E-state index contributed by atoms with van der Waals surface area (Å²) in [6, 6.07) is 51.1. The average Bonchev–Trinajstić information content (AvgIpc) is 3.16. The fourth-order valence-corrected chi connectivity index (χ4v) is 11.4. The molecule has 5 aromatic rings. The predicted molar refractivity (Wildman–Crippen MR) is 200 cm³/mol. The first kappa shape index (κ1) is 35.9. The van der Waals surface area contributed by atoms with E-state index in [4.69, 9.17) is 23.4 Å². The van der Waals surface area contributed by atoms with Crippen molar-refractivity contribution in [2.24, 2.45) is 0 Å². The van der Waals surface area contributed by atoms with Crippen LogP contribution in [0.3, 0.4) is 0 Å². The molecule has 260 valence electrons. The van der Waals surface area contributed by atoms with E-state index < -0.39 is 39.0 Å². The maximum atomic E-state index is 10.9. The van der Waals surface area contributed by atoms with Crippen LogP contribution in [0, 0.1) is 0 Å². The molecule has 0 bridgehead atoms. The number of aliphatic hydroxyl groups excluding tert-OH is 1. The Kier molecular flexibility index (Phi) is 12.1. The topological polar surface area (TPSA) is 66.4 Å². The summed E-state index contributed by atoms with van der Waals surface area (Å²) in [7, 11) is -3.12. The zero-order valence-electron chi connectivity index (χ0n) is 29.1. The fourth-order valence-electron chi connectivity index (χ4n) is 6.85. The van der Waals surface area contributed by atoms with Crippen LogP contribution in [0.5, 0.6) is 0 Å². The second kappa shape index (κ2) is 16.9. The van der Waals surface area contributed by atoms with Gasteiger partial charge in [-0.3, -0.25) is 0 Å². The Bertz CT molecular complexity index is 1660. The van der Waals surface area contributed by atoms with Crippen molar-refractivity contribution >= 4 is 18.7 Å². The second-order valence-corrected chi connectivity index (χ2v) is 18.0. The minimum Gasteiger partial charge on any atom is -0.394 e. The molecule has 6 rings (SSSR count). The van der Waals surface area contributed by atoms with E-state index in [-0.39, 0.29) is 11.6 Å². The zero-order valence-corrected chi connectivity index (χ0v) is 30.1. The highest BCUT2D eigenvalue weighted by Crippen LogP contribution is 2.40. The molecule has 1 aliphatic heterocycles. The largest absolute Gasteiger partial charge is 0.394 e. The van der Waals surface area contributed by atoms with Crippen molar-refractivity contribution < 1.29 is 28.5 Å². The zero-order chi connectivity index (χ0) is 34.8. The second-order valence-electron chi connectivity index (χ2n) is 13.8. The third-order valence-electron chi connectivity index (χ3n) is 9.34. The number of hydrogen-bond acceptors (Lipinski definition) is 6. The molecule has 0 aromatic heterocycles. The SMILES string of the molecule is CC(C)(C)[Si](O[C@@H]1O[C@H](CO)[C@@H](OCc2ccccc2)[C@H](OCc2ccccc2)[C@H]1OCc1ccccc1)(c1ccccc1)c1ccccc1. The van der Waals surface area contributed by atoms with E-state index in [9.17, 15) is 5.11 Å². The van der Waals surface area contributed by atoms with Crippen LogP contribution in [0.25, 0.3) is 0 Å². The third kappa shape index (κ3) is 8.33. The van der Waals surface area contributed by atoms with Gasteiger partial charge in [0, 0.05) is 0 Å². The number of ether oxygens (including phenoxy) is 4. The van der Waals surface area contributed by atoms with Crippen LogP contribution in [0.4, 0.5) is 0 Å². The maximum Gasteiger partial charge on any atom is 0.264 e. The van der Waals surface area contributed by atoms with Crippen LogP contribution in [0.2, 0.25) is 5.04 Å². The molecular weight excluding hydrogens is 641 g/mol. The Morgan fingerprint density at radius 1 is 0.520 bits per heavy atom. The molecule has 0 spiro atoms. The van der Waals surface area contributed by atoms with Gasteiger partial charge in [-0.1, -0.05) is 172 Å². The van der Waals surface area contributed by atoms with Crippen LogP contribution in [0.15, 0.2) is 152 Å². The number of benzene rings is 5. The van der Waals surface area contributed by atoms with Gasteiger partial charge in [0.25, 0.3) is 8.32 Å². The summed E-state index contributed by atoms with van der Waals surface area (Å²) < 4.78 is 34.8. The molecule has 1 heterocycles. The van der Waals surface area contributed by atoms with Crippen LogP contribution >= 0.6 is 0 Å². The van der Waals surface area contributed by atoms with Crippen molar-refractivity contribution in [3.63, 3.8) is 0 Å². The Balaban J connectivity index is 1.44. The first-order valence-electron chi connectivity index (χ1n) is 17.4. The van der Waals surface area contributed by atoms with E-state index in [1.807, 2.05) is 103 Å². The number of hydrogen-bond donors (Lipinski definition) is 1. The van der Waals surface area contributed by atoms with Crippen molar-refractivity contribution in [3.8, 4) is 0 Å². The van der Waals surface area contributed by atoms with Crippen molar-refractivity contribution in [1.82, 2.24) is 0 Å². The molecule has 5 aromatic carbocycles. The van der Waals surface area contributed by atoms with Gasteiger partial charge in [-0.2, -0.15) is 0 Å². The molecule has 0 aliphatic carbocycles. The summed E-state index contributed by atoms with van der Waals surface area (Å²) >= 11 is 0. The molecule has 1 saturated heterocycles. The highest BCUT2D eigenvalue weighted by atomic mass is 28.4. The summed E-state index contributed by atoms with van der Waals surface area (Å²) in [5.41, 5.74) is 3.05. The normalized spacial score (nSPS) is 21.2. The van der Waals surface area contributed by atoms with Gasteiger partial charge in [-0.25, -0.2) is 0 Å². The van der Waals surface area contributed by atoms with E-state index >= 15 is 0 Å². The van der Waals surface area contributed by atoms with Crippen LogP contribution in [0.1, 0.15) is 37.5 Å². The van der Waals surface area contributed by atoms with Gasteiger partial charge in [0.2, 0.25) is 0 Å². The summed E-state index contributed by atoms with van der Waals surface area (Å²) in [5.74, 6) is 0. The van der Waals surface area contributed by atoms with Gasteiger partial charge in [-0.05, 0) is 32.1 Å². The summed E-state index contributed by atoms with van der Waals surface area (Å²) in [5, 5.41) is 12.8. The monoisotopic (exact) mass is 688 g/mol.